The molecule has 0 radical (unpaired) electrons. The Morgan fingerprint density at radius 3 is 2.67 bits per heavy atom. The van der Waals surface area contributed by atoms with Crippen LogP contribution in [-0.4, -0.2) is 35.9 Å². The van der Waals surface area contributed by atoms with Gasteiger partial charge in [0.25, 0.3) is 0 Å². The van der Waals surface area contributed by atoms with Crippen molar-refractivity contribution >= 4 is 21.9 Å². The summed E-state index contributed by atoms with van der Waals surface area (Å²) >= 11 is 3.56. The lowest BCUT2D eigenvalue weighted by atomic mass is 9.97. The number of rotatable bonds is 8. The second kappa shape index (κ2) is 10.5. The number of halogens is 1. The number of hydrogen-bond donors (Lipinski definition) is 2. The topological polar surface area (TPSA) is 54.2 Å². The number of aryl methyl sites for hydroxylation is 2. The Labute approximate surface area is 171 Å². The van der Waals surface area contributed by atoms with Crippen LogP contribution >= 0.6 is 15.9 Å². The molecular formula is C21H32BrN5. The van der Waals surface area contributed by atoms with Crippen LogP contribution in [0.15, 0.2) is 33.7 Å². The van der Waals surface area contributed by atoms with E-state index in [0.717, 1.165) is 48.5 Å². The van der Waals surface area contributed by atoms with Crippen LogP contribution < -0.4 is 10.6 Å². The van der Waals surface area contributed by atoms with Gasteiger partial charge in [-0.2, -0.15) is 5.10 Å². The second-order valence-electron chi connectivity index (χ2n) is 7.01. The fourth-order valence-corrected chi connectivity index (χ4v) is 3.75. The third kappa shape index (κ3) is 6.38. The third-order valence-corrected chi connectivity index (χ3v) is 5.59. The summed E-state index contributed by atoms with van der Waals surface area (Å²) in [7, 11) is 3.82. The molecule has 0 aliphatic rings. The molecule has 5 nitrogen and oxygen atoms in total. The van der Waals surface area contributed by atoms with Gasteiger partial charge in [-0.1, -0.05) is 41.4 Å². The molecule has 1 aromatic heterocycles. The largest absolute Gasteiger partial charge is 0.356 e. The third-order valence-electron chi connectivity index (χ3n) is 5.10. The zero-order valence-electron chi connectivity index (χ0n) is 17.1. The van der Waals surface area contributed by atoms with Gasteiger partial charge < -0.3 is 10.6 Å². The molecule has 27 heavy (non-hydrogen) atoms. The van der Waals surface area contributed by atoms with Crippen molar-refractivity contribution in [3.05, 3.63) is 51.3 Å². The van der Waals surface area contributed by atoms with Crippen molar-refractivity contribution in [1.29, 1.82) is 0 Å². The molecule has 1 atom stereocenters. The van der Waals surface area contributed by atoms with Crippen LogP contribution in [0.3, 0.4) is 0 Å². The van der Waals surface area contributed by atoms with Crippen LogP contribution in [0.5, 0.6) is 0 Å². The smallest absolute Gasteiger partial charge is 0.190 e. The minimum Gasteiger partial charge on any atom is -0.356 e. The maximum Gasteiger partial charge on any atom is 0.190 e. The number of aliphatic imine (C=N–C) groups is 1. The summed E-state index contributed by atoms with van der Waals surface area (Å²) < 4.78 is 3.09. The van der Waals surface area contributed by atoms with Gasteiger partial charge in [0.05, 0.1) is 5.69 Å². The van der Waals surface area contributed by atoms with Gasteiger partial charge in [-0.25, -0.2) is 0 Å². The lowest BCUT2D eigenvalue weighted by Gasteiger charge is -2.18. The van der Waals surface area contributed by atoms with Crippen LogP contribution in [0.4, 0.5) is 0 Å². The number of aromatic nitrogens is 2. The molecule has 0 saturated carbocycles. The first-order valence-corrected chi connectivity index (χ1v) is 10.4. The van der Waals surface area contributed by atoms with Gasteiger partial charge in [0.2, 0.25) is 0 Å². The van der Waals surface area contributed by atoms with Crippen molar-refractivity contribution in [3.8, 4) is 0 Å². The molecule has 1 aromatic carbocycles. The number of nitrogens with one attached hydrogen (secondary N) is 2. The second-order valence-corrected chi connectivity index (χ2v) is 7.93. The highest BCUT2D eigenvalue weighted by atomic mass is 79.9. The Balaban J connectivity index is 1.81. The fraction of sp³-hybridized carbons (Fsp3) is 0.524. The molecule has 0 aliphatic heterocycles. The van der Waals surface area contributed by atoms with Crippen LogP contribution in [0, 0.1) is 19.8 Å². The molecule has 0 amide bonds. The molecule has 2 N–H and O–H groups in total. The Morgan fingerprint density at radius 1 is 1.30 bits per heavy atom. The summed E-state index contributed by atoms with van der Waals surface area (Å²) in [5.74, 6) is 1.43. The minimum atomic E-state index is 0.570. The first-order valence-electron chi connectivity index (χ1n) is 9.62. The molecule has 0 fully saturated rings. The maximum atomic E-state index is 4.48. The molecule has 0 bridgehead atoms. The van der Waals surface area contributed by atoms with E-state index in [9.17, 15) is 0 Å². The minimum absolute atomic E-state index is 0.570. The van der Waals surface area contributed by atoms with E-state index in [4.69, 9.17) is 0 Å². The normalized spacial score (nSPS) is 12.9. The zero-order valence-corrected chi connectivity index (χ0v) is 18.7. The quantitative estimate of drug-likeness (QED) is 0.491. The van der Waals surface area contributed by atoms with Gasteiger partial charge in [-0.15, -0.1) is 0 Å². The van der Waals surface area contributed by atoms with Crippen molar-refractivity contribution in [3.63, 3.8) is 0 Å². The molecule has 2 rings (SSSR count). The molecule has 0 spiro atoms. The van der Waals surface area contributed by atoms with E-state index >= 15 is 0 Å². The van der Waals surface area contributed by atoms with E-state index in [-0.39, 0.29) is 0 Å². The van der Waals surface area contributed by atoms with Gasteiger partial charge in [0.1, 0.15) is 0 Å². The summed E-state index contributed by atoms with van der Waals surface area (Å²) in [6.07, 6.45) is 3.14. The Kier molecular flexibility index (Phi) is 8.35. The van der Waals surface area contributed by atoms with Crippen LogP contribution in [-0.2, 0) is 19.9 Å². The molecule has 1 heterocycles. The monoisotopic (exact) mass is 433 g/mol. The van der Waals surface area contributed by atoms with E-state index in [1.54, 1.807) is 0 Å². The number of nitrogens with zero attached hydrogens (tertiary/aromatic N) is 3. The van der Waals surface area contributed by atoms with Crippen molar-refractivity contribution in [2.45, 2.75) is 40.0 Å². The van der Waals surface area contributed by atoms with Gasteiger partial charge in [0.15, 0.2) is 5.96 Å². The molecule has 6 heteroatoms. The SMILES string of the molecule is CCC(CNC(=NC)NCCc1c(C)nn(C)c1C)Cc1cccc(Br)c1. The highest BCUT2D eigenvalue weighted by molar-refractivity contribution is 9.10. The molecular weight excluding hydrogens is 402 g/mol. The first-order chi connectivity index (χ1) is 12.9. The predicted octanol–water partition coefficient (Wildman–Crippen LogP) is 3.78. The van der Waals surface area contributed by atoms with Gasteiger partial charge in [0, 0.05) is 37.4 Å². The molecule has 148 valence electrons. The Bertz CT molecular complexity index is 766. The standard InChI is InChI=1S/C21H32BrN5/c1-6-17(12-18-8-7-9-19(22)13-18)14-25-21(23-4)24-11-10-20-15(2)26-27(5)16(20)3/h7-9,13,17H,6,10-12,14H2,1-5H3,(H2,23,24,25). The summed E-state index contributed by atoms with van der Waals surface area (Å²) in [6.45, 7) is 8.19. The first kappa shape index (κ1) is 21.5. The summed E-state index contributed by atoms with van der Waals surface area (Å²) in [5.41, 5.74) is 5.03. The zero-order chi connectivity index (χ0) is 19.8. The van der Waals surface area contributed by atoms with Crippen LogP contribution in [0.25, 0.3) is 0 Å². The van der Waals surface area contributed by atoms with Gasteiger partial charge >= 0.3 is 0 Å². The van der Waals surface area contributed by atoms with E-state index in [2.05, 4.69) is 81.7 Å². The maximum absolute atomic E-state index is 4.48. The van der Waals surface area contributed by atoms with E-state index in [1.165, 1.54) is 16.8 Å². The number of guanidine groups is 1. The van der Waals surface area contributed by atoms with Crippen molar-refractivity contribution < 1.29 is 0 Å². The van der Waals surface area contributed by atoms with Crippen molar-refractivity contribution in [1.82, 2.24) is 20.4 Å². The average molecular weight is 434 g/mol. The summed E-state index contributed by atoms with van der Waals surface area (Å²) in [6, 6.07) is 8.57. The van der Waals surface area contributed by atoms with Crippen molar-refractivity contribution in [2.24, 2.45) is 18.0 Å². The highest BCUT2D eigenvalue weighted by Crippen LogP contribution is 2.16. The van der Waals surface area contributed by atoms with E-state index in [0.29, 0.717) is 5.92 Å². The molecule has 1 unspecified atom stereocenters. The molecule has 2 aromatic rings. The van der Waals surface area contributed by atoms with Gasteiger partial charge in [-0.3, -0.25) is 9.67 Å². The fourth-order valence-electron chi connectivity index (χ4n) is 3.30. The predicted molar refractivity (Wildman–Crippen MR) is 117 cm³/mol. The van der Waals surface area contributed by atoms with Gasteiger partial charge in [-0.05, 0) is 55.9 Å². The lowest BCUT2D eigenvalue weighted by molar-refractivity contribution is 0.493. The van der Waals surface area contributed by atoms with Crippen LogP contribution in [0.2, 0.25) is 0 Å². The summed E-state index contributed by atoms with van der Waals surface area (Å²) in [5, 5.41) is 11.4. The molecule has 0 aliphatic carbocycles. The van der Waals surface area contributed by atoms with E-state index < -0.39 is 0 Å². The average Bonchev–Trinajstić information content (AvgIpc) is 2.89. The Morgan fingerprint density at radius 2 is 2.07 bits per heavy atom. The number of benzene rings is 1. The molecule has 0 saturated heterocycles. The number of hydrogen-bond acceptors (Lipinski definition) is 2. The highest BCUT2D eigenvalue weighted by Gasteiger charge is 2.11. The Hall–Kier alpha value is -1.82. The summed E-state index contributed by atoms with van der Waals surface area (Å²) in [4.78, 5) is 4.36. The lowest BCUT2D eigenvalue weighted by Crippen LogP contribution is -2.40. The van der Waals surface area contributed by atoms with E-state index in [1.807, 2.05) is 18.8 Å². The van der Waals surface area contributed by atoms with Crippen molar-refractivity contribution in [2.75, 3.05) is 20.1 Å². The van der Waals surface area contributed by atoms with Crippen LogP contribution in [0.1, 0.15) is 35.9 Å².